The normalized spacial score (nSPS) is 19.2. The number of aliphatic hydroxyl groups excluding tert-OH is 1. The number of halogens is 3. The van der Waals surface area contributed by atoms with Gasteiger partial charge in [-0.2, -0.15) is 0 Å². The summed E-state index contributed by atoms with van der Waals surface area (Å²) in [6.07, 6.45) is 2.75. The number of anilines is 1. The lowest BCUT2D eigenvalue weighted by Gasteiger charge is -2.36. The number of benzene rings is 1. The zero-order valence-corrected chi connectivity index (χ0v) is 22.7. The number of amides is 1. The maximum absolute atomic E-state index is 11.5. The molecule has 0 aliphatic carbocycles. The summed E-state index contributed by atoms with van der Waals surface area (Å²) in [6.45, 7) is 2.72. The molecule has 5 rings (SSSR count). The minimum atomic E-state index is -0.505. The highest BCUT2D eigenvalue weighted by Gasteiger charge is 2.27. The Bertz CT molecular complexity index is 1250. The monoisotopic (exact) mass is 569 g/mol. The van der Waals surface area contributed by atoms with Gasteiger partial charge in [-0.05, 0) is 55.3 Å². The molecule has 2 aliphatic rings. The summed E-state index contributed by atoms with van der Waals surface area (Å²) >= 11 is 6.50. The van der Waals surface area contributed by atoms with E-state index in [-0.39, 0.29) is 43.4 Å². The maximum atomic E-state index is 11.5. The van der Waals surface area contributed by atoms with Crippen molar-refractivity contribution in [3.05, 3.63) is 52.8 Å². The molecule has 2 aliphatic heterocycles. The molecule has 1 aromatic carbocycles. The van der Waals surface area contributed by atoms with Gasteiger partial charge in [0.25, 0.3) is 5.91 Å². The summed E-state index contributed by atoms with van der Waals surface area (Å²) in [4.78, 5) is 22.7. The van der Waals surface area contributed by atoms with E-state index < -0.39 is 6.10 Å². The molecule has 200 valence electrons. The van der Waals surface area contributed by atoms with E-state index in [1.807, 2.05) is 24.3 Å². The Hall–Kier alpha value is -2.40. The van der Waals surface area contributed by atoms with Crippen molar-refractivity contribution in [3.8, 4) is 11.5 Å². The molecule has 0 saturated carbocycles. The first-order chi connectivity index (χ1) is 17.0. The smallest absolute Gasteiger partial charge is 0.263 e. The van der Waals surface area contributed by atoms with Gasteiger partial charge in [0.05, 0.1) is 29.4 Å². The number of carbonyl (C=O) groups is 1. The standard InChI is InChI=1S/C25H28ClN5O4.2ClH/c1-34-16-3-4-20-18(10-16)17(19(26)12-28-20)6-8-31-9-7-21(22(32)13-31)27-11-15-2-5-23-25(29-15)30-24(33)14-35-23;;/h2-5,10,12,21-22,27,32H,6-9,11,13-14H2,1H3,(H,29,30,33);2*1H/t21-,22+;;/m1../s1. The fourth-order valence-electron chi connectivity index (χ4n) is 4.63. The van der Waals surface area contributed by atoms with Crippen molar-refractivity contribution < 1.29 is 19.4 Å². The van der Waals surface area contributed by atoms with Crippen molar-refractivity contribution in [3.63, 3.8) is 0 Å². The van der Waals surface area contributed by atoms with Gasteiger partial charge in [-0.3, -0.25) is 9.78 Å². The van der Waals surface area contributed by atoms with Crippen molar-refractivity contribution in [2.24, 2.45) is 0 Å². The molecule has 0 unspecified atom stereocenters. The fourth-order valence-corrected chi connectivity index (χ4v) is 4.87. The Morgan fingerprint density at radius 2 is 2.14 bits per heavy atom. The van der Waals surface area contributed by atoms with Crippen molar-refractivity contribution in [2.75, 3.05) is 38.7 Å². The lowest BCUT2D eigenvalue weighted by atomic mass is 10.00. The molecule has 1 amide bonds. The van der Waals surface area contributed by atoms with Crippen LogP contribution in [-0.4, -0.2) is 71.4 Å². The molecule has 2 aromatic heterocycles. The van der Waals surface area contributed by atoms with Crippen LogP contribution < -0.4 is 20.1 Å². The van der Waals surface area contributed by atoms with E-state index in [9.17, 15) is 9.90 Å². The Kier molecular flexibility index (Phi) is 10.2. The number of hydrogen-bond donors (Lipinski definition) is 3. The lowest BCUT2D eigenvalue weighted by Crippen LogP contribution is -2.52. The highest BCUT2D eigenvalue weighted by atomic mass is 35.5. The van der Waals surface area contributed by atoms with Gasteiger partial charge in [0.15, 0.2) is 18.2 Å². The SMILES string of the molecule is COc1ccc2ncc(Cl)c(CCN3CC[C@@H](NCc4ccc5c(n4)NC(=O)CO5)[C@@H](O)C3)c2c1.Cl.Cl. The van der Waals surface area contributed by atoms with Crippen LogP contribution >= 0.6 is 36.4 Å². The highest BCUT2D eigenvalue weighted by Crippen LogP contribution is 2.29. The van der Waals surface area contributed by atoms with Gasteiger partial charge < -0.3 is 30.1 Å². The number of fused-ring (bicyclic) bond motifs is 2. The second-order valence-electron chi connectivity index (χ2n) is 8.85. The zero-order chi connectivity index (χ0) is 24.4. The summed E-state index contributed by atoms with van der Waals surface area (Å²) in [7, 11) is 1.65. The van der Waals surface area contributed by atoms with E-state index in [2.05, 4.69) is 25.5 Å². The Labute approximate surface area is 232 Å². The molecule has 12 heteroatoms. The predicted molar refractivity (Wildman–Crippen MR) is 148 cm³/mol. The van der Waals surface area contributed by atoms with Crippen LogP contribution in [-0.2, 0) is 17.8 Å². The molecule has 0 bridgehead atoms. The van der Waals surface area contributed by atoms with Crippen LogP contribution in [0.5, 0.6) is 11.5 Å². The average molecular weight is 571 g/mol. The lowest BCUT2D eigenvalue weighted by molar-refractivity contribution is -0.118. The first kappa shape index (κ1) is 29.2. The summed E-state index contributed by atoms with van der Waals surface area (Å²) < 4.78 is 10.7. The number of hydrogen-bond acceptors (Lipinski definition) is 8. The van der Waals surface area contributed by atoms with Crippen molar-refractivity contribution in [1.82, 2.24) is 20.2 Å². The topological polar surface area (TPSA) is 109 Å². The third-order valence-electron chi connectivity index (χ3n) is 6.56. The van der Waals surface area contributed by atoms with Crippen LogP contribution in [0.2, 0.25) is 5.02 Å². The number of rotatable bonds is 7. The van der Waals surface area contributed by atoms with Gasteiger partial charge in [-0.15, -0.1) is 24.8 Å². The number of ether oxygens (including phenoxy) is 2. The van der Waals surface area contributed by atoms with Gasteiger partial charge in [0, 0.05) is 37.3 Å². The number of methoxy groups -OCH3 is 1. The van der Waals surface area contributed by atoms with Gasteiger partial charge in [0.1, 0.15) is 5.75 Å². The van der Waals surface area contributed by atoms with Gasteiger partial charge >= 0.3 is 0 Å². The summed E-state index contributed by atoms with van der Waals surface area (Å²) in [5.41, 5.74) is 2.70. The van der Waals surface area contributed by atoms with Gasteiger partial charge in [0.2, 0.25) is 0 Å². The minimum absolute atomic E-state index is 0. The minimum Gasteiger partial charge on any atom is -0.497 e. The van der Waals surface area contributed by atoms with Crippen molar-refractivity contribution in [1.29, 1.82) is 0 Å². The van der Waals surface area contributed by atoms with Crippen LogP contribution in [0.3, 0.4) is 0 Å². The molecular weight excluding hydrogens is 541 g/mol. The molecule has 4 heterocycles. The molecular formula is C25H30Cl3N5O4. The van der Waals surface area contributed by atoms with Gasteiger partial charge in [-0.25, -0.2) is 4.98 Å². The highest BCUT2D eigenvalue weighted by molar-refractivity contribution is 6.32. The average Bonchev–Trinajstić information content (AvgIpc) is 2.87. The van der Waals surface area contributed by atoms with Crippen LogP contribution in [0.1, 0.15) is 17.7 Å². The van der Waals surface area contributed by atoms with E-state index in [4.69, 9.17) is 21.1 Å². The van der Waals surface area contributed by atoms with Crippen LogP contribution in [0.15, 0.2) is 36.5 Å². The number of aliphatic hydroxyl groups is 1. The van der Waals surface area contributed by atoms with Crippen molar-refractivity contribution in [2.45, 2.75) is 31.5 Å². The molecule has 1 saturated heterocycles. The molecule has 9 nitrogen and oxygen atoms in total. The first-order valence-electron chi connectivity index (χ1n) is 11.7. The van der Waals surface area contributed by atoms with E-state index in [0.29, 0.717) is 29.7 Å². The number of carbonyl (C=O) groups excluding carboxylic acids is 1. The molecule has 3 aromatic rings. The number of nitrogens with one attached hydrogen (secondary N) is 2. The quantitative estimate of drug-likeness (QED) is 0.397. The fraction of sp³-hybridized carbons (Fsp3) is 0.400. The van der Waals surface area contributed by atoms with Crippen molar-refractivity contribution >= 4 is 59.0 Å². The number of aromatic nitrogens is 2. The molecule has 0 radical (unpaired) electrons. The van der Waals surface area contributed by atoms with Crippen LogP contribution in [0, 0.1) is 0 Å². The summed E-state index contributed by atoms with van der Waals surface area (Å²) in [5, 5.41) is 18.5. The predicted octanol–water partition coefficient (Wildman–Crippen LogP) is 3.23. The number of piperidine rings is 1. The largest absolute Gasteiger partial charge is 0.497 e. The molecule has 1 fully saturated rings. The Morgan fingerprint density at radius 3 is 2.92 bits per heavy atom. The van der Waals surface area contributed by atoms with E-state index in [0.717, 1.165) is 53.8 Å². The number of pyridine rings is 2. The number of likely N-dealkylation sites (tertiary alicyclic amines) is 1. The maximum Gasteiger partial charge on any atom is 0.263 e. The zero-order valence-electron chi connectivity index (χ0n) is 20.3. The summed E-state index contributed by atoms with van der Waals surface area (Å²) in [5.74, 6) is 1.57. The second kappa shape index (κ2) is 12.9. The van der Waals surface area contributed by atoms with E-state index >= 15 is 0 Å². The van der Waals surface area contributed by atoms with Crippen LogP contribution in [0.4, 0.5) is 5.82 Å². The number of nitrogens with zero attached hydrogens (tertiary/aromatic N) is 3. The second-order valence-corrected chi connectivity index (χ2v) is 9.26. The third kappa shape index (κ3) is 6.73. The van der Waals surface area contributed by atoms with Gasteiger partial charge in [-0.1, -0.05) is 11.6 Å². The molecule has 2 atom stereocenters. The van der Waals surface area contributed by atoms with Crippen LogP contribution in [0.25, 0.3) is 10.9 Å². The molecule has 0 spiro atoms. The molecule has 37 heavy (non-hydrogen) atoms. The summed E-state index contributed by atoms with van der Waals surface area (Å²) in [6, 6.07) is 9.44. The number of β-amino-alcohol motifs (C(OH)–C–C–N with tert-alkyl or cyclic N) is 1. The Balaban J connectivity index is 0.00000190. The third-order valence-corrected chi connectivity index (χ3v) is 6.88. The first-order valence-corrected chi connectivity index (χ1v) is 12.1. The Morgan fingerprint density at radius 1 is 1.30 bits per heavy atom. The van der Waals surface area contributed by atoms with E-state index in [1.54, 1.807) is 19.4 Å². The molecule has 3 N–H and O–H groups in total. The van der Waals surface area contributed by atoms with E-state index in [1.165, 1.54) is 0 Å².